The summed E-state index contributed by atoms with van der Waals surface area (Å²) in [5, 5.41) is 8.86. The molecular weight excluding hydrogens is 298 g/mol. The van der Waals surface area contributed by atoms with Gasteiger partial charge in [-0.25, -0.2) is 12.7 Å². The summed E-state index contributed by atoms with van der Waals surface area (Å²) in [6, 6.07) is 0. The smallest absolute Gasteiger partial charge is 0.312 e. The van der Waals surface area contributed by atoms with Crippen LogP contribution in [0.4, 0.5) is 0 Å². The SMILES string of the molecule is COC(=O)C1(CS(=O)(=O)N(C)CC(C)C(=O)O)CCCC1. The van der Waals surface area contributed by atoms with Crippen LogP contribution in [-0.2, 0) is 24.3 Å². The number of carbonyl (C=O) groups is 2. The van der Waals surface area contributed by atoms with E-state index in [2.05, 4.69) is 0 Å². The van der Waals surface area contributed by atoms with E-state index in [4.69, 9.17) is 9.84 Å². The fourth-order valence-electron chi connectivity index (χ4n) is 2.71. The van der Waals surface area contributed by atoms with Gasteiger partial charge in [0.25, 0.3) is 0 Å². The quantitative estimate of drug-likeness (QED) is 0.693. The molecule has 1 rings (SSSR count). The van der Waals surface area contributed by atoms with Gasteiger partial charge in [-0.15, -0.1) is 0 Å². The molecule has 0 spiro atoms. The molecule has 0 aromatic carbocycles. The number of ether oxygens (including phenoxy) is 1. The Morgan fingerprint density at radius 3 is 2.29 bits per heavy atom. The van der Waals surface area contributed by atoms with E-state index in [1.807, 2.05) is 0 Å². The molecule has 1 N–H and O–H groups in total. The van der Waals surface area contributed by atoms with Crippen LogP contribution in [0.2, 0.25) is 0 Å². The standard InChI is InChI=1S/C13H23NO6S/c1-10(11(15)16)8-14(2)21(18,19)9-13(12(17)20-3)6-4-5-7-13/h10H,4-9H2,1-3H3,(H,15,16). The van der Waals surface area contributed by atoms with Crippen LogP contribution in [0.15, 0.2) is 0 Å². The number of rotatable bonds is 7. The van der Waals surface area contributed by atoms with Gasteiger partial charge in [-0.05, 0) is 12.8 Å². The maximum Gasteiger partial charge on any atom is 0.312 e. The zero-order chi connectivity index (χ0) is 16.3. The zero-order valence-corrected chi connectivity index (χ0v) is 13.5. The van der Waals surface area contributed by atoms with Crippen LogP contribution in [0.1, 0.15) is 32.6 Å². The average Bonchev–Trinajstić information content (AvgIpc) is 2.86. The van der Waals surface area contributed by atoms with E-state index in [9.17, 15) is 18.0 Å². The number of methoxy groups -OCH3 is 1. The predicted octanol–water partition coefficient (Wildman–Crippen LogP) is 0.702. The second-order valence-electron chi connectivity index (χ2n) is 5.76. The largest absolute Gasteiger partial charge is 0.481 e. The van der Waals surface area contributed by atoms with E-state index in [0.29, 0.717) is 12.8 Å². The van der Waals surface area contributed by atoms with Crippen LogP contribution >= 0.6 is 0 Å². The van der Waals surface area contributed by atoms with Gasteiger partial charge >= 0.3 is 11.9 Å². The molecule has 21 heavy (non-hydrogen) atoms. The highest BCUT2D eigenvalue weighted by molar-refractivity contribution is 7.89. The van der Waals surface area contributed by atoms with Crippen molar-refractivity contribution in [3.05, 3.63) is 0 Å². The van der Waals surface area contributed by atoms with Crippen molar-refractivity contribution in [2.24, 2.45) is 11.3 Å². The molecule has 1 atom stereocenters. The van der Waals surface area contributed by atoms with E-state index >= 15 is 0 Å². The second kappa shape index (κ2) is 6.74. The Balaban J connectivity index is 2.87. The van der Waals surface area contributed by atoms with Crippen molar-refractivity contribution >= 4 is 22.0 Å². The van der Waals surface area contributed by atoms with E-state index in [1.165, 1.54) is 21.1 Å². The highest BCUT2D eigenvalue weighted by atomic mass is 32.2. The third-order valence-electron chi connectivity index (χ3n) is 4.07. The maximum absolute atomic E-state index is 12.4. The first-order valence-electron chi connectivity index (χ1n) is 6.90. The summed E-state index contributed by atoms with van der Waals surface area (Å²) in [5.41, 5.74) is -0.992. The lowest BCUT2D eigenvalue weighted by Crippen LogP contribution is -2.43. The number of hydrogen-bond donors (Lipinski definition) is 1. The van der Waals surface area contributed by atoms with Gasteiger partial charge in [-0.3, -0.25) is 9.59 Å². The summed E-state index contributed by atoms with van der Waals surface area (Å²) in [7, 11) is -1.12. The molecule has 0 aromatic heterocycles. The van der Waals surface area contributed by atoms with Gasteiger partial charge in [-0.1, -0.05) is 19.8 Å². The molecule has 0 radical (unpaired) electrons. The molecule has 8 heteroatoms. The number of sulfonamides is 1. The normalized spacial score (nSPS) is 19.4. The van der Waals surface area contributed by atoms with Gasteiger partial charge in [0.1, 0.15) is 0 Å². The van der Waals surface area contributed by atoms with Crippen molar-refractivity contribution in [3.8, 4) is 0 Å². The molecule has 1 fully saturated rings. The van der Waals surface area contributed by atoms with Gasteiger partial charge in [0.2, 0.25) is 10.0 Å². The van der Waals surface area contributed by atoms with Crippen molar-refractivity contribution < 1.29 is 27.9 Å². The lowest BCUT2D eigenvalue weighted by atomic mass is 9.89. The van der Waals surface area contributed by atoms with Gasteiger partial charge in [-0.2, -0.15) is 0 Å². The fourth-order valence-corrected chi connectivity index (χ4v) is 4.49. The van der Waals surface area contributed by atoms with E-state index in [1.54, 1.807) is 0 Å². The van der Waals surface area contributed by atoms with Crippen LogP contribution in [0.25, 0.3) is 0 Å². The maximum atomic E-state index is 12.4. The first-order valence-corrected chi connectivity index (χ1v) is 8.51. The number of nitrogens with zero attached hydrogens (tertiary/aromatic N) is 1. The molecule has 1 unspecified atom stereocenters. The summed E-state index contributed by atoms with van der Waals surface area (Å²) in [4.78, 5) is 22.8. The minimum Gasteiger partial charge on any atom is -0.481 e. The van der Waals surface area contributed by atoms with Crippen molar-refractivity contribution in [1.82, 2.24) is 4.31 Å². The second-order valence-corrected chi connectivity index (χ2v) is 7.83. The Morgan fingerprint density at radius 1 is 1.33 bits per heavy atom. The van der Waals surface area contributed by atoms with Crippen molar-refractivity contribution in [2.45, 2.75) is 32.6 Å². The van der Waals surface area contributed by atoms with Gasteiger partial charge in [0.15, 0.2) is 0 Å². The van der Waals surface area contributed by atoms with Crippen molar-refractivity contribution in [1.29, 1.82) is 0 Å². The minimum absolute atomic E-state index is 0.116. The zero-order valence-electron chi connectivity index (χ0n) is 12.7. The molecule has 1 aliphatic carbocycles. The minimum atomic E-state index is -3.72. The molecule has 0 saturated heterocycles. The topological polar surface area (TPSA) is 101 Å². The van der Waals surface area contributed by atoms with Crippen LogP contribution in [-0.4, -0.2) is 56.2 Å². The summed E-state index contributed by atoms with van der Waals surface area (Å²) in [6.07, 6.45) is 2.56. The summed E-state index contributed by atoms with van der Waals surface area (Å²) in [6.45, 7) is 1.33. The molecule has 1 aliphatic rings. The molecule has 0 heterocycles. The molecule has 1 saturated carbocycles. The Hall–Kier alpha value is -1.15. The van der Waals surface area contributed by atoms with Gasteiger partial charge in [0.05, 0.1) is 24.2 Å². The molecule has 0 amide bonds. The van der Waals surface area contributed by atoms with Crippen LogP contribution in [0.3, 0.4) is 0 Å². The Labute approximate surface area is 125 Å². The van der Waals surface area contributed by atoms with E-state index < -0.39 is 33.3 Å². The monoisotopic (exact) mass is 321 g/mol. The third kappa shape index (κ3) is 4.16. The Kier molecular flexibility index (Phi) is 5.75. The molecule has 122 valence electrons. The summed E-state index contributed by atoms with van der Waals surface area (Å²) >= 11 is 0. The highest BCUT2D eigenvalue weighted by Gasteiger charge is 2.46. The summed E-state index contributed by atoms with van der Waals surface area (Å²) < 4.78 is 30.6. The number of carbonyl (C=O) groups excluding carboxylic acids is 1. The number of aliphatic carboxylic acids is 1. The van der Waals surface area contributed by atoms with Crippen LogP contribution in [0, 0.1) is 11.3 Å². The average molecular weight is 321 g/mol. The van der Waals surface area contributed by atoms with E-state index in [-0.39, 0.29) is 12.3 Å². The van der Waals surface area contributed by atoms with E-state index in [0.717, 1.165) is 17.1 Å². The van der Waals surface area contributed by atoms with Gasteiger partial charge in [0, 0.05) is 13.6 Å². The third-order valence-corrected chi connectivity index (χ3v) is 6.08. The first kappa shape index (κ1) is 17.9. The highest BCUT2D eigenvalue weighted by Crippen LogP contribution is 2.40. The molecule has 0 aliphatic heterocycles. The first-order chi connectivity index (χ1) is 9.64. The Morgan fingerprint density at radius 2 is 1.86 bits per heavy atom. The number of hydrogen-bond acceptors (Lipinski definition) is 5. The molecule has 0 bridgehead atoms. The predicted molar refractivity (Wildman–Crippen MR) is 76.1 cm³/mol. The number of carboxylic acid groups (broad SMARTS) is 1. The van der Waals surface area contributed by atoms with Crippen molar-refractivity contribution in [2.75, 3.05) is 26.5 Å². The van der Waals surface area contributed by atoms with Crippen molar-refractivity contribution in [3.63, 3.8) is 0 Å². The lowest BCUT2D eigenvalue weighted by molar-refractivity contribution is -0.151. The lowest BCUT2D eigenvalue weighted by Gasteiger charge is -2.28. The van der Waals surface area contributed by atoms with Gasteiger partial charge < -0.3 is 9.84 Å². The van der Waals surface area contributed by atoms with Crippen LogP contribution in [0.5, 0.6) is 0 Å². The van der Waals surface area contributed by atoms with Crippen LogP contribution < -0.4 is 0 Å². The molecular formula is C13H23NO6S. The molecule has 7 nitrogen and oxygen atoms in total. The molecule has 0 aromatic rings. The Bertz CT molecular complexity index is 495. The fraction of sp³-hybridized carbons (Fsp3) is 0.846. The number of carboxylic acids is 1. The summed E-state index contributed by atoms with van der Waals surface area (Å²) in [5.74, 6) is -2.68. The number of esters is 1.